The zero-order valence-corrected chi connectivity index (χ0v) is 11.6. The molecular weight excluding hydrogens is 234 g/mol. The van der Waals surface area contributed by atoms with Crippen LogP contribution >= 0.6 is 11.8 Å². The second-order valence-corrected chi connectivity index (χ2v) is 6.69. The smallest absolute Gasteiger partial charge is 0.232 e. The highest BCUT2D eigenvalue weighted by atomic mass is 32.2. The van der Waals surface area contributed by atoms with E-state index in [1.165, 1.54) is 0 Å². The first-order valence-corrected chi connectivity index (χ1v) is 7.80. The van der Waals surface area contributed by atoms with Crippen LogP contribution < -0.4 is 0 Å². The van der Waals surface area contributed by atoms with Crippen LogP contribution in [-0.4, -0.2) is 46.1 Å². The first kappa shape index (κ1) is 13.2. The van der Waals surface area contributed by atoms with E-state index in [2.05, 4.69) is 13.8 Å². The molecule has 0 spiro atoms. The van der Waals surface area contributed by atoms with Crippen molar-refractivity contribution in [2.45, 2.75) is 45.3 Å². The number of hydrogen-bond donors (Lipinski definition) is 1. The summed E-state index contributed by atoms with van der Waals surface area (Å²) in [5.41, 5.74) is 0. The lowest BCUT2D eigenvalue weighted by Gasteiger charge is -2.44. The standard InChI is InChI=1S/C13H23NO2S/c1-9(2)11-4-3-10(15)7-12(11)14-5-6-17-8-13(14)16/h9-12,15H,3-8H2,1-2H3. The van der Waals surface area contributed by atoms with E-state index in [0.29, 0.717) is 17.6 Å². The number of aliphatic hydroxyl groups is 1. The lowest BCUT2D eigenvalue weighted by molar-refractivity contribution is -0.134. The van der Waals surface area contributed by atoms with Gasteiger partial charge in [-0.3, -0.25) is 4.79 Å². The highest BCUT2D eigenvalue weighted by Crippen LogP contribution is 2.35. The van der Waals surface area contributed by atoms with Crippen molar-refractivity contribution in [1.82, 2.24) is 4.90 Å². The first-order chi connectivity index (χ1) is 8.09. The zero-order chi connectivity index (χ0) is 12.4. The van der Waals surface area contributed by atoms with Crippen LogP contribution in [0.1, 0.15) is 33.1 Å². The van der Waals surface area contributed by atoms with Crippen molar-refractivity contribution >= 4 is 17.7 Å². The van der Waals surface area contributed by atoms with E-state index in [0.717, 1.165) is 31.6 Å². The lowest BCUT2D eigenvalue weighted by Crippen LogP contribution is -2.52. The van der Waals surface area contributed by atoms with E-state index in [1.54, 1.807) is 11.8 Å². The van der Waals surface area contributed by atoms with Crippen molar-refractivity contribution in [3.8, 4) is 0 Å². The largest absolute Gasteiger partial charge is 0.393 e. The minimum Gasteiger partial charge on any atom is -0.393 e. The summed E-state index contributed by atoms with van der Waals surface area (Å²) in [4.78, 5) is 14.0. The molecule has 1 heterocycles. The summed E-state index contributed by atoms with van der Waals surface area (Å²) in [6.07, 6.45) is 2.52. The molecular formula is C13H23NO2S. The predicted octanol–water partition coefficient (Wildman–Crippen LogP) is 1.75. The van der Waals surface area contributed by atoms with Gasteiger partial charge in [0.15, 0.2) is 0 Å². The zero-order valence-electron chi connectivity index (χ0n) is 10.8. The molecule has 3 nitrogen and oxygen atoms in total. The first-order valence-electron chi connectivity index (χ1n) is 6.65. The fourth-order valence-corrected chi connectivity index (χ4v) is 3.98. The summed E-state index contributed by atoms with van der Waals surface area (Å²) in [7, 11) is 0. The number of hydrogen-bond acceptors (Lipinski definition) is 3. The minimum atomic E-state index is -0.211. The Morgan fingerprint density at radius 3 is 2.82 bits per heavy atom. The Balaban J connectivity index is 2.10. The van der Waals surface area contributed by atoms with Gasteiger partial charge >= 0.3 is 0 Å². The number of carbonyl (C=O) groups is 1. The molecule has 1 saturated heterocycles. The van der Waals surface area contributed by atoms with Gasteiger partial charge in [0.2, 0.25) is 5.91 Å². The molecule has 2 fully saturated rings. The Morgan fingerprint density at radius 1 is 1.41 bits per heavy atom. The number of aliphatic hydroxyl groups excluding tert-OH is 1. The van der Waals surface area contributed by atoms with Gasteiger partial charge in [-0.15, -0.1) is 0 Å². The second kappa shape index (κ2) is 5.61. The third-order valence-electron chi connectivity index (χ3n) is 4.12. The molecule has 3 atom stereocenters. The van der Waals surface area contributed by atoms with E-state index in [1.807, 2.05) is 4.90 Å². The normalized spacial score (nSPS) is 35.4. The molecule has 0 aromatic carbocycles. The van der Waals surface area contributed by atoms with E-state index in [4.69, 9.17) is 0 Å². The fraction of sp³-hybridized carbons (Fsp3) is 0.923. The average molecular weight is 257 g/mol. The van der Waals surface area contributed by atoms with E-state index in [9.17, 15) is 9.90 Å². The third kappa shape index (κ3) is 2.97. The van der Waals surface area contributed by atoms with E-state index < -0.39 is 0 Å². The van der Waals surface area contributed by atoms with Crippen LogP contribution in [0.15, 0.2) is 0 Å². The summed E-state index contributed by atoms with van der Waals surface area (Å²) in [5.74, 6) is 3.09. The van der Waals surface area contributed by atoms with Gasteiger partial charge < -0.3 is 10.0 Å². The van der Waals surface area contributed by atoms with Crippen LogP contribution in [0.4, 0.5) is 0 Å². The molecule has 2 aliphatic rings. The maximum absolute atomic E-state index is 12.0. The van der Waals surface area contributed by atoms with Gasteiger partial charge in [0.05, 0.1) is 11.9 Å². The molecule has 4 heteroatoms. The molecule has 0 radical (unpaired) electrons. The summed E-state index contributed by atoms with van der Waals surface area (Å²) < 4.78 is 0. The van der Waals surface area contributed by atoms with Crippen molar-refractivity contribution in [3.63, 3.8) is 0 Å². The second-order valence-electron chi connectivity index (χ2n) is 5.58. The van der Waals surface area contributed by atoms with Crippen LogP contribution in [0, 0.1) is 11.8 Å². The molecule has 0 aromatic rings. The maximum atomic E-state index is 12.0. The number of nitrogens with zero attached hydrogens (tertiary/aromatic N) is 1. The predicted molar refractivity (Wildman–Crippen MR) is 71.0 cm³/mol. The highest BCUT2D eigenvalue weighted by molar-refractivity contribution is 8.00. The molecule has 0 bridgehead atoms. The molecule has 0 aromatic heterocycles. The molecule has 17 heavy (non-hydrogen) atoms. The Bertz CT molecular complexity index is 283. The number of rotatable bonds is 2. The number of amides is 1. The van der Waals surface area contributed by atoms with Gasteiger partial charge in [-0.05, 0) is 31.1 Å². The van der Waals surface area contributed by atoms with E-state index >= 15 is 0 Å². The molecule has 1 N–H and O–H groups in total. The average Bonchev–Trinajstić information content (AvgIpc) is 2.29. The maximum Gasteiger partial charge on any atom is 0.232 e. The summed E-state index contributed by atoms with van der Waals surface area (Å²) in [5, 5.41) is 9.85. The van der Waals surface area contributed by atoms with Gasteiger partial charge in [-0.25, -0.2) is 0 Å². The summed E-state index contributed by atoms with van der Waals surface area (Å²) in [6, 6.07) is 0.271. The number of thioether (sulfide) groups is 1. The van der Waals surface area contributed by atoms with Gasteiger partial charge in [-0.2, -0.15) is 11.8 Å². The summed E-state index contributed by atoms with van der Waals surface area (Å²) in [6.45, 7) is 5.33. The van der Waals surface area contributed by atoms with Gasteiger partial charge in [0, 0.05) is 18.3 Å². The van der Waals surface area contributed by atoms with Crippen molar-refractivity contribution in [1.29, 1.82) is 0 Å². The Hall–Kier alpha value is -0.220. The summed E-state index contributed by atoms with van der Waals surface area (Å²) >= 11 is 1.73. The lowest BCUT2D eigenvalue weighted by atomic mass is 9.76. The van der Waals surface area contributed by atoms with Crippen molar-refractivity contribution in [2.24, 2.45) is 11.8 Å². The van der Waals surface area contributed by atoms with Crippen LogP contribution in [0.5, 0.6) is 0 Å². The molecule has 2 rings (SSSR count). The molecule has 1 aliphatic heterocycles. The molecule has 3 unspecified atom stereocenters. The monoisotopic (exact) mass is 257 g/mol. The van der Waals surface area contributed by atoms with Crippen LogP contribution in [0.25, 0.3) is 0 Å². The Labute approximate surface area is 108 Å². The van der Waals surface area contributed by atoms with Crippen molar-refractivity contribution < 1.29 is 9.90 Å². The Kier molecular flexibility index (Phi) is 4.36. The van der Waals surface area contributed by atoms with Crippen LogP contribution in [-0.2, 0) is 4.79 Å². The highest BCUT2D eigenvalue weighted by Gasteiger charge is 2.37. The quantitative estimate of drug-likeness (QED) is 0.819. The minimum absolute atomic E-state index is 0.211. The SMILES string of the molecule is CC(C)C1CCC(O)CC1N1CCSCC1=O. The van der Waals surface area contributed by atoms with Crippen molar-refractivity contribution in [2.75, 3.05) is 18.1 Å². The number of carbonyl (C=O) groups excluding carboxylic acids is 1. The van der Waals surface area contributed by atoms with Gasteiger partial charge in [0.25, 0.3) is 0 Å². The van der Waals surface area contributed by atoms with Crippen molar-refractivity contribution in [3.05, 3.63) is 0 Å². The van der Waals surface area contributed by atoms with Crippen LogP contribution in [0.3, 0.4) is 0 Å². The third-order valence-corrected chi connectivity index (χ3v) is 5.04. The molecule has 1 aliphatic carbocycles. The molecule has 98 valence electrons. The van der Waals surface area contributed by atoms with E-state index in [-0.39, 0.29) is 18.1 Å². The fourth-order valence-electron chi connectivity index (χ4n) is 3.17. The van der Waals surface area contributed by atoms with Crippen LogP contribution in [0.2, 0.25) is 0 Å². The topological polar surface area (TPSA) is 40.5 Å². The van der Waals surface area contributed by atoms with Gasteiger partial charge in [0.1, 0.15) is 0 Å². The Morgan fingerprint density at radius 2 is 2.18 bits per heavy atom. The molecule has 1 saturated carbocycles. The molecule has 1 amide bonds. The van der Waals surface area contributed by atoms with Gasteiger partial charge in [-0.1, -0.05) is 13.8 Å².